The molecule has 1 rings (SSSR count). The summed E-state index contributed by atoms with van der Waals surface area (Å²) in [7, 11) is 0. The highest BCUT2D eigenvalue weighted by Gasteiger charge is 2.35. The largest absolute Gasteiger partial charge is 0.465 e. The number of halogens is 1. The van der Waals surface area contributed by atoms with E-state index in [1.807, 2.05) is 20.8 Å². The fourth-order valence-corrected chi connectivity index (χ4v) is 2.83. The topological polar surface area (TPSA) is 38.3 Å². The van der Waals surface area contributed by atoms with Gasteiger partial charge in [0.05, 0.1) is 6.61 Å². The lowest BCUT2D eigenvalue weighted by molar-refractivity contribution is -0.149. The Balaban J connectivity index is 2.73. The van der Waals surface area contributed by atoms with Crippen LogP contribution in [0.1, 0.15) is 27.7 Å². The van der Waals surface area contributed by atoms with Gasteiger partial charge in [-0.3, -0.25) is 10.1 Å². The number of carbonyl (C=O) groups is 1. The van der Waals surface area contributed by atoms with E-state index in [0.29, 0.717) is 12.4 Å². The summed E-state index contributed by atoms with van der Waals surface area (Å²) in [4.78, 5) is 13.0. The maximum Gasteiger partial charge on any atom is 0.326 e. The Morgan fingerprint density at radius 1 is 1.40 bits per heavy atom. The second-order valence-corrected chi connectivity index (χ2v) is 6.14. The van der Waals surface area contributed by atoms with Crippen molar-refractivity contribution in [2.45, 2.75) is 44.2 Å². The van der Waals surface area contributed by atoms with Crippen LogP contribution in [-0.4, -0.2) is 29.9 Å². The highest BCUT2D eigenvalue weighted by Crippen LogP contribution is 2.24. The van der Waals surface area contributed by atoms with Crippen LogP contribution in [0, 0.1) is 5.82 Å². The summed E-state index contributed by atoms with van der Waals surface area (Å²) in [5.74, 6) is 0.00135. The second kappa shape index (κ2) is 7.64. The van der Waals surface area contributed by atoms with Crippen molar-refractivity contribution in [1.29, 1.82) is 0 Å². The van der Waals surface area contributed by atoms with E-state index in [9.17, 15) is 9.18 Å². The van der Waals surface area contributed by atoms with E-state index < -0.39 is 5.54 Å². The number of rotatable bonds is 7. The molecule has 0 heterocycles. The van der Waals surface area contributed by atoms with Crippen LogP contribution in [-0.2, 0) is 9.53 Å². The first-order valence-electron chi connectivity index (χ1n) is 6.70. The molecule has 0 saturated heterocycles. The van der Waals surface area contributed by atoms with E-state index in [2.05, 4.69) is 5.32 Å². The van der Waals surface area contributed by atoms with E-state index in [1.165, 1.54) is 23.9 Å². The smallest absolute Gasteiger partial charge is 0.326 e. The summed E-state index contributed by atoms with van der Waals surface area (Å²) in [6, 6.07) is 6.42. The van der Waals surface area contributed by atoms with Crippen LogP contribution in [0.2, 0.25) is 0 Å². The van der Waals surface area contributed by atoms with Crippen LogP contribution >= 0.6 is 11.8 Å². The predicted octanol–water partition coefficient (Wildman–Crippen LogP) is 3.24. The fraction of sp³-hybridized carbons (Fsp3) is 0.533. The summed E-state index contributed by atoms with van der Waals surface area (Å²) < 4.78 is 18.0. The molecule has 0 saturated carbocycles. The van der Waals surface area contributed by atoms with Gasteiger partial charge in [0.1, 0.15) is 11.4 Å². The highest BCUT2D eigenvalue weighted by atomic mass is 32.2. The molecule has 1 aromatic rings. The van der Waals surface area contributed by atoms with Crippen molar-refractivity contribution in [1.82, 2.24) is 5.32 Å². The van der Waals surface area contributed by atoms with Gasteiger partial charge in [-0.25, -0.2) is 4.39 Å². The first-order valence-corrected chi connectivity index (χ1v) is 7.69. The molecule has 0 bridgehead atoms. The molecule has 1 N–H and O–H groups in total. The molecule has 0 aliphatic carbocycles. The van der Waals surface area contributed by atoms with Gasteiger partial charge in [0.25, 0.3) is 0 Å². The third kappa shape index (κ3) is 5.13. The third-order valence-corrected chi connectivity index (χ3v) is 4.00. The third-order valence-electron chi connectivity index (χ3n) is 2.67. The number of thioether (sulfide) groups is 1. The normalized spacial score (nSPS) is 14.1. The molecule has 0 radical (unpaired) electrons. The van der Waals surface area contributed by atoms with Crippen molar-refractivity contribution in [2.75, 3.05) is 12.4 Å². The van der Waals surface area contributed by atoms with Gasteiger partial charge >= 0.3 is 5.97 Å². The summed E-state index contributed by atoms with van der Waals surface area (Å²) in [6.45, 7) is 7.96. The van der Waals surface area contributed by atoms with E-state index in [1.54, 1.807) is 19.1 Å². The highest BCUT2D eigenvalue weighted by molar-refractivity contribution is 7.99. The van der Waals surface area contributed by atoms with Crippen molar-refractivity contribution in [3.05, 3.63) is 30.1 Å². The second-order valence-electron chi connectivity index (χ2n) is 5.09. The number of nitrogens with one attached hydrogen (secondary N) is 1. The van der Waals surface area contributed by atoms with Gasteiger partial charge in [0.2, 0.25) is 0 Å². The number of benzene rings is 1. The number of hydrogen-bond acceptors (Lipinski definition) is 4. The van der Waals surface area contributed by atoms with Gasteiger partial charge in [0.15, 0.2) is 0 Å². The number of ether oxygens (including phenoxy) is 1. The minimum Gasteiger partial charge on any atom is -0.465 e. The SMILES string of the molecule is CCOC(=O)C(C)(CSc1ccc(F)cc1)NC(C)C. The lowest BCUT2D eigenvalue weighted by Gasteiger charge is -2.30. The van der Waals surface area contributed by atoms with Crippen molar-refractivity contribution < 1.29 is 13.9 Å². The number of carbonyl (C=O) groups excluding carboxylic acids is 1. The van der Waals surface area contributed by atoms with Crippen LogP contribution < -0.4 is 5.32 Å². The molecule has 0 aliphatic rings. The van der Waals surface area contributed by atoms with Crippen LogP contribution in [0.5, 0.6) is 0 Å². The molecule has 1 atom stereocenters. The van der Waals surface area contributed by atoms with Crippen molar-refractivity contribution in [3.8, 4) is 0 Å². The number of esters is 1. The van der Waals surface area contributed by atoms with Crippen LogP contribution in [0.15, 0.2) is 29.2 Å². The molecular weight excluding hydrogens is 277 g/mol. The molecule has 112 valence electrons. The molecule has 20 heavy (non-hydrogen) atoms. The number of hydrogen-bond donors (Lipinski definition) is 1. The minimum atomic E-state index is -0.761. The van der Waals surface area contributed by atoms with E-state index in [0.717, 1.165) is 4.90 Å². The molecule has 0 amide bonds. The standard InChI is InChI=1S/C15H22FNO2S/c1-5-19-14(18)15(4,17-11(2)3)10-20-13-8-6-12(16)7-9-13/h6-9,11,17H,5,10H2,1-4H3. The molecule has 0 aliphatic heterocycles. The molecule has 0 aromatic heterocycles. The summed E-state index contributed by atoms with van der Waals surface area (Å²) >= 11 is 1.50. The molecule has 0 fully saturated rings. The Kier molecular flexibility index (Phi) is 6.49. The van der Waals surface area contributed by atoms with Crippen LogP contribution in [0.25, 0.3) is 0 Å². The van der Waals surface area contributed by atoms with E-state index in [4.69, 9.17) is 4.74 Å². The Morgan fingerprint density at radius 2 is 2.00 bits per heavy atom. The van der Waals surface area contributed by atoms with Crippen molar-refractivity contribution in [3.63, 3.8) is 0 Å². The average Bonchev–Trinajstić information content (AvgIpc) is 2.37. The lowest BCUT2D eigenvalue weighted by atomic mass is 10.0. The Labute approximate surface area is 124 Å². The van der Waals surface area contributed by atoms with E-state index >= 15 is 0 Å². The minimum absolute atomic E-state index is 0.165. The van der Waals surface area contributed by atoms with Crippen molar-refractivity contribution >= 4 is 17.7 Å². The quantitative estimate of drug-likeness (QED) is 0.619. The van der Waals surface area contributed by atoms with Crippen molar-refractivity contribution in [2.24, 2.45) is 0 Å². The maximum absolute atomic E-state index is 12.9. The van der Waals surface area contributed by atoms with Crippen LogP contribution in [0.4, 0.5) is 4.39 Å². The first kappa shape index (κ1) is 17.0. The predicted molar refractivity (Wildman–Crippen MR) is 80.4 cm³/mol. The Hall–Kier alpha value is -1.07. The first-order chi connectivity index (χ1) is 9.37. The Morgan fingerprint density at radius 3 is 2.50 bits per heavy atom. The average molecular weight is 299 g/mol. The summed E-state index contributed by atoms with van der Waals surface area (Å²) in [6.07, 6.45) is 0. The Bertz CT molecular complexity index is 436. The van der Waals surface area contributed by atoms with Gasteiger partial charge in [-0.2, -0.15) is 0 Å². The molecular formula is C15H22FNO2S. The lowest BCUT2D eigenvalue weighted by Crippen LogP contribution is -2.55. The molecule has 1 aromatic carbocycles. The maximum atomic E-state index is 12.9. The molecule has 5 heteroatoms. The zero-order chi connectivity index (χ0) is 15.2. The summed E-state index contributed by atoms with van der Waals surface area (Å²) in [5.41, 5.74) is -0.761. The van der Waals surface area contributed by atoms with Gasteiger partial charge in [0, 0.05) is 16.7 Å². The molecule has 1 unspecified atom stereocenters. The van der Waals surface area contributed by atoms with Gasteiger partial charge < -0.3 is 4.74 Å². The fourth-order valence-electron chi connectivity index (χ4n) is 1.85. The monoisotopic (exact) mass is 299 g/mol. The zero-order valence-corrected chi connectivity index (χ0v) is 13.2. The van der Waals surface area contributed by atoms with Gasteiger partial charge in [-0.1, -0.05) is 0 Å². The molecule has 0 spiro atoms. The van der Waals surface area contributed by atoms with Gasteiger partial charge in [-0.05, 0) is 52.0 Å². The van der Waals surface area contributed by atoms with Crippen LogP contribution in [0.3, 0.4) is 0 Å². The molecule has 3 nitrogen and oxygen atoms in total. The zero-order valence-electron chi connectivity index (χ0n) is 12.4. The van der Waals surface area contributed by atoms with Gasteiger partial charge in [-0.15, -0.1) is 11.8 Å². The van der Waals surface area contributed by atoms with E-state index in [-0.39, 0.29) is 17.8 Å². The summed E-state index contributed by atoms with van der Waals surface area (Å²) in [5, 5.41) is 3.25.